The van der Waals surface area contributed by atoms with Gasteiger partial charge in [-0.3, -0.25) is 4.55 Å². The minimum atomic E-state index is -4.24. The molecule has 2 atom stereocenters. The molecule has 0 amide bonds. The fourth-order valence-electron chi connectivity index (χ4n) is 1.46. The van der Waals surface area contributed by atoms with E-state index < -0.39 is 20.2 Å². The summed E-state index contributed by atoms with van der Waals surface area (Å²) in [4.78, 5) is 0. The maximum absolute atomic E-state index is 10.7. The number of unbranched alkanes of at least 4 members (excludes halogenated alkanes) is 5. The van der Waals surface area contributed by atoms with Crippen molar-refractivity contribution in [2.24, 2.45) is 0 Å². The largest absolute Gasteiger partial charge is 0.284 e. The summed E-state index contributed by atoms with van der Waals surface area (Å²) in [6.07, 6.45) is 6.66. The summed E-state index contributed by atoms with van der Waals surface area (Å²) in [5.74, 6) is 0.700. The molecular formula is C10H19Cl3O3S. The van der Waals surface area contributed by atoms with Gasteiger partial charge in [-0.2, -0.15) is 8.42 Å². The molecule has 0 aromatic heterocycles. The van der Waals surface area contributed by atoms with E-state index in [0.29, 0.717) is 12.3 Å². The van der Waals surface area contributed by atoms with Crippen molar-refractivity contribution in [2.75, 3.05) is 5.88 Å². The molecule has 0 spiro atoms. The van der Waals surface area contributed by atoms with Crippen molar-refractivity contribution in [1.29, 1.82) is 0 Å². The van der Waals surface area contributed by atoms with Gasteiger partial charge in [-0.25, -0.2) is 0 Å². The SMILES string of the molecule is O=S(=O)(O)C(Cl)C(Cl)CCCCCCCCCl. The average Bonchev–Trinajstić information content (AvgIpc) is 2.25. The van der Waals surface area contributed by atoms with Crippen LogP contribution in [0.2, 0.25) is 0 Å². The second-order valence-electron chi connectivity index (χ2n) is 3.98. The summed E-state index contributed by atoms with van der Waals surface area (Å²) < 4.78 is 28.7. The van der Waals surface area contributed by atoms with Gasteiger partial charge in [0.15, 0.2) is 4.71 Å². The zero-order valence-electron chi connectivity index (χ0n) is 9.62. The molecule has 104 valence electrons. The monoisotopic (exact) mass is 324 g/mol. The second kappa shape index (κ2) is 9.68. The van der Waals surface area contributed by atoms with Crippen LogP contribution < -0.4 is 0 Å². The van der Waals surface area contributed by atoms with Gasteiger partial charge in [0.25, 0.3) is 10.1 Å². The van der Waals surface area contributed by atoms with Crippen LogP contribution in [0.15, 0.2) is 0 Å². The molecule has 0 aromatic rings. The van der Waals surface area contributed by atoms with Crippen molar-refractivity contribution in [3.05, 3.63) is 0 Å². The molecule has 7 heteroatoms. The van der Waals surface area contributed by atoms with Crippen LogP contribution in [-0.2, 0) is 10.1 Å². The van der Waals surface area contributed by atoms with Crippen molar-refractivity contribution in [3.63, 3.8) is 0 Å². The minimum absolute atomic E-state index is 0.491. The Morgan fingerprint density at radius 1 is 0.941 bits per heavy atom. The van der Waals surface area contributed by atoms with E-state index in [1.54, 1.807) is 0 Å². The molecule has 3 nitrogen and oxygen atoms in total. The van der Waals surface area contributed by atoms with E-state index in [-0.39, 0.29) is 0 Å². The average molecular weight is 326 g/mol. The molecule has 0 aliphatic rings. The van der Waals surface area contributed by atoms with Crippen LogP contribution in [-0.4, -0.2) is 28.9 Å². The third kappa shape index (κ3) is 9.37. The summed E-state index contributed by atoms with van der Waals surface area (Å²) in [5.41, 5.74) is 0. The maximum atomic E-state index is 10.7. The normalized spacial score (nSPS) is 15.8. The first-order valence-electron chi connectivity index (χ1n) is 5.70. The van der Waals surface area contributed by atoms with Crippen LogP contribution in [0.1, 0.15) is 44.9 Å². The van der Waals surface area contributed by atoms with E-state index in [4.69, 9.17) is 39.4 Å². The minimum Gasteiger partial charge on any atom is -0.284 e. The van der Waals surface area contributed by atoms with Gasteiger partial charge < -0.3 is 0 Å². The smallest absolute Gasteiger partial charge is 0.283 e. The van der Waals surface area contributed by atoms with Crippen molar-refractivity contribution in [1.82, 2.24) is 0 Å². The predicted octanol–water partition coefficient (Wildman–Crippen LogP) is 4.02. The highest BCUT2D eigenvalue weighted by Crippen LogP contribution is 2.21. The predicted molar refractivity (Wildman–Crippen MR) is 73.9 cm³/mol. The van der Waals surface area contributed by atoms with Crippen molar-refractivity contribution in [2.45, 2.75) is 55.0 Å². The highest BCUT2D eigenvalue weighted by molar-refractivity contribution is 7.87. The summed E-state index contributed by atoms with van der Waals surface area (Å²) in [5, 5.41) is -0.741. The summed E-state index contributed by atoms with van der Waals surface area (Å²) in [6.45, 7) is 0. The van der Waals surface area contributed by atoms with Gasteiger partial charge in [-0.1, -0.05) is 32.1 Å². The molecule has 0 heterocycles. The summed E-state index contributed by atoms with van der Waals surface area (Å²) >= 11 is 16.8. The Balaban J connectivity index is 3.55. The molecule has 2 unspecified atom stereocenters. The van der Waals surface area contributed by atoms with Gasteiger partial charge in [0.1, 0.15) is 0 Å². The molecule has 0 bridgehead atoms. The lowest BCUT2D eigenvalue weighted by atomic mass is 10.1. The quantitative estimate of drug-likeness (QED) is 0.375. The first kappa shape index (κ1) is 17.8. The molecule has 0 saturated heterocycles. The Morgan fingerprint density at radius 3 is 1.88 bits per heavy atom. The third-order valence-corrected chi connectivity index (χ3v) is 5.33. The van der Waals surface area contributed by atoms with E-state index >= 15 is 0 Å². The van der Waals surface area contributed by atoms with Gasteiger partial charge in [0.05, 0.1) is 5.38 Å². The Kier molecular flexibility index (Phi) is 10.1. The van der Waals surface area contributed by atoms with Gasteiger partial charge in [0.2, 0.25) is 0 Å². The molecule has 17 heavy (non-hydrogen) atoms. The van der Waals surface area contributed by atoms with Gasteiger partial charge in [-0.05, 0) is 12.8 Å². The summed E-state index contributed by atoms with van der Waals surface area (Å²) in [7, 11) is -4.24. The fourth-order valence-corrected chi connectivity index (χ4v) is 2.83. The van der Waals surface area contributed by atoms with E-state index in [2.05, 4.69) is 0 Å². The molecule has 1 N–H and O–H groups in total. The zero-order chi connectivity index (χ0) is 13.3. The molecule has 0 fully saturated rings. The van der Waals surface area contributed by atoms with Crippen LogP contribution >= 0.6 is 34.8 Å². The fraction of sp³-hybridized carbons (Fsp3) is 1.00. The van der Waals surface area contributed by atoms with Crippen LogP contribution in [0.3, 0.4) is 0 Å². The van der Waals surface area contributed by atoms with Gasteiger partial charge >= 0.3 is 0 Å². The van der Waals surface area contributed by atoms with E-state index in [1.807, 2.05) is 0 Å². The Hall–Kier alpha value is 0.780. The third-order valence-electron chi connectivity index (χ3n) is 2.43. The highest BCUT2D eigenvalue weighted by Gasteiger charge is 2.27. The first-order valence-corrected chi connectivity index (χ1v) is 8.61. The van der Waals surface area contributed by atoms with Crippen LogP contribution in [0.5, 0.6) is 0 Å². The zero-order valence-corrected chi connectivity index (χ0v) is 12.7. The number of rotatable bonds is 10. The lowest BCUT2D eigenvalue weighted by molar-refractivity contribution is 0.474. The summed E-state index contributed by atoms with van der Waals surface area (Å²) in [6, 6.07) is 0. The number of hydrogen-bond acceptors (Lipinski definition) is 2. The number of halogens is 3. The van der Waals surface area contributed by atoms with Crippen molar-refractivity contribution < 1.29 is 13.0 Å². The molecule has 0 aliphatic heterocycles. The first-order chi connectivity index (χ1) is 7.89. The molecule has 0 radical (unpaired) electrons. The molecule has 0 aliphatic carbocycles. The van der Waals surface area contributed by atoms with Crippen molar-refractivity contribution in [3.8, 4) is 0 Å². The lowest BCUT2D eigenvalue weighted by Gasteiger charge is -2.12. The molecule has 0 aromatic carbocycles. The Labute approximate surface area is 119 Å². The van der Waals surface area contributed by atoms with Crippen LogP contribution in [0.25, 0.3) is 0 Å². The highest BCUT2D eigenvalue weighted by atomic mass is 35.5. The Bertz CT molecular complexity index is 283. The van der Waals surface area contributed by atoms with E-state index in [0.717, 1.165) is 38.5 Å². The lowest BCUT2D eigenvalue weighted by Crippen LogP contribution is -2.24. The maximum Gasteiger partial charge on any atom is 0.283 e. The van der Waals surface area contributed by atoms with E-state index in [1.165, 1.54) is 0 Å². The van der Waals surface area contributed by atoms with Gasteiger partial charge in [-0.15, -0.1) is 34.8 Å². The Morgan fingerprint density at radius 2 is 1.41 bits per heavy atom. The van der Waals surface area contributed by atoms with Gasteiger partial charge in [0, 0.05) is 5.88 Å². The standard InChI is InChI=1S/C10H19Cl3O3S/c11-8-6-4-2-1-3-5-7-9(12)10(13)17(14,15)16/h9-10H,1-8H2,(H,14,15,16). The number of hydrogen-bond donors (Lipinski definition) is 1. The molecule has 0 saturated carbocycles. The number of alkyl halides is 3. The van der Waals surface area contributed by atoms with Crippen molar-refractivity contribution >= 4 is 44.9 Å². The second-order valence-corrected chi connectivity index (χ2v) is 7.19. The molecule has 0 rings (SSSR count). The molecular weight excluding hydrogens is 307 g/mol. The van der Waals surface area contributed by atoms with E-state index in [9.17, 15) is 8.42 Å². The topological polar surface area (TPSA) is 54.4 Å². The van der Waals surface area contributed by atoms with Crippen LogP contribution in [0.4, 0.5) is 0 Å². The van der Waals surface area contributed by atoms with Crippen LogP contribution in [0, 0.1) is 0 Å².